The van der Waals surface area contributed by atoms with Crippen molar-refractivity contribution < 1.29 is 0 Å². The van der Waals surface area contributed by atoms with Gasteiger partial charge in [0, 0.05) is 16.3 Å². The van der Waals surface area contributed by atoms with Crippen molar-refractivity contribution in [2.75, 3.05) is 0 Å². The summed E-state index contributed by atoms with van der Waals surface area (Å²) in [6.45, 7) is 15.1. The zero-order valence-corrected chi connectivity index (χ0v) is 15.3. The van der Waals surface area contributed by atoms with Gasteiger partial charge in [0.25, 0.3) is 0 Å². The van der Waals surface area contributed by atoms with Gasteiger partial charge in [0.2, 0.25) is 0 Å². The highest BCUT2D eigenvalue weighted by atomic mass is 14.9. The van der Waals surface area contributed by atoms with Crippen LogP contribution in [0, 0.1) is 13.1 Å². The molecular formula is C26H13N3. The summed E-state index contributed by atoms with van der Waals surface area (Å²) in [5.74, 6) is 0. The maximum Gasteiger partial charge on any atom is 0.196 e. The first kappa shape index (κ1) is 15.7. The summed E-state index contributed by atoms with van der Waals surface area (Å²) in [5, 5.41) is 6.77. The lowest BCUT2D eigenvalue weighted by Crippen LogP contribution is -1.91. The molecule has 0 fully saturated rings. The minimum Gasteiger partial charge on any atom is -0.310 e. The fourth-order valence-electron chi connectivity index (χ4n) is 4.43. The molecule has 0 radical (unpaired) electrons. The Bertz CT molecular complexity index is 1720. The maximum atomic E-state index is 7.54. The maximum absolute atomic E-state index is 7.54. The molecule has 0 spiro atoms. The predicted molar refractivity (Wildman–Crippen MR) is 120 cm³/mol. The summed E-state index contributed by atoms with van der Waals surface area (Å²) in [5.41, 5.74) is 3.98. The number of aromatic nitrogens is 1. The molecule has 0 saturated carbocycles. The Labute approximate surface area is 166 Å². The smallest absolute Gasteiger partial charge is 0.196 e. The van der Waals surface area contributed by atoms with Gasteiger partial charge in [-0.1, -0.05) is 48.5 Å². The normalized spacial score (nSPS) is 11.4. The van der Waals surface area contributed by atoms with Crippen LogP contribution < -0.4 is 0 Å². The Morgan fingerprint density at radius 1 is 0.517 bits per heavy atom. The third kappa shape index (κ3) is 2.05. The molecule has 29 heavy (non-hydrogen) atoms. The first-order chi connectivity index (χ1) is 14.3. The van der Waals surface area contributed by atoms with Crippen LogP contribution in [0.3, 0.4) is 0 Å². The minimum atomic E-state index is 0.395. The molecule has 2 aromatic heterocycles. The number of nitrogens with zero attached hydrogens (tertiary/aromatic N) is 3. The van der Waals surface area contributed by atoms with Crippen molar-refractivity contribution in [3.63, 3.8) is 0 Å². The van der Waals surface area contributed by atoms with E-state index < -0.39 is 0 Å². The Morgan fingerprint density at radius 3 is 1.79 bits per heavy atom. The fraction of sp³-hybridized carbons (Fsp3) is 0. The monoisotopic (exact) mass is 367 g/mol. The zero-order chi connectivity index (χ0) is 19.5. The quantitative estimate of drug-likeness (QED) is 0.149. The van der Waals surface area contributed by atoms with E-state index >= 15 is 0 Å². The van der Waals surface area contributed by atoms with Gasteiger partial charge in [0.1, 0.15) is 0 Å². The second kappa shape index (κ2) is 5.58. The number of benzene rings is 4. The van der Waals surface area contributed by atoms with Gasteiger partial charge < -0.3 is 4.40 Å². The van der Waals surface area contributed by atoms with Gasteiger partial charge in [-0.3, -0.25) is 9.69 Å². The number of fused-ring (bicyclic) bond motifs is 9. The first-order valence-corrected chi connectivity index (χ1v) is 9.36. The highest BCUT2D eigenvalue weighted by Gasteiger charge is 2.15. The Kier molecular flexibility index (Phi) is 3.02. The van der Waals surface area contributed by atoms with Crippen LogP contribution in [0.15, 0.2) is 78.9 Å². The number of rotatable bonds is 0. The number of hydrogen-bond donors (Lipinski definition) is 0. The molecule has 0 N–H and O–H groups in total. The highest BCUT2D eigenvalue weighted by molar-refractivity contribution is 6.20. The summed E-state index contributed by atoms with van der Waals surface area (Å²) < 4.78 is 2.23. The lowest BCUT2D eigenvalue weighted by molar-refractivity contribution is 1.35. The SMILES string of the molecule is [C-]#[N+]c1cc2c3cc4ccccc4cc3c3cc4ccccc4n3c2cc1[N+]#[C-]. The van der Waals surface area contributed by atoms with Crippen LogP contribution in [-0.2, 0) is 0 Å². The van der Waals surface area contributed by atoms with Crippen LogP contribution in [0.1, 0.15) is 0 Å². The van der Waals surface area contributed by atoms with E-state index in [0.717, 1.165) is 38.1 Å². The van der Waals surface area contributed by atoms with E-state index in [1.807, 2.05) is 30.3 Å². The van der Waals surface area contributed by atoms with Crippen LogP contribution in [0.5, 0.6) is 0 Å². The standard InChI is InChI=1S/C26H13N3/c1-27-22-14-21-19-11-16-7-3-4-8-17(16)12-20(19)25-13-18-9-5-6-10-24(18)29(25)26(21)15-23(22)28-2/h3-15H. The molecule has 0 unspecified atom stereocenters. The van der Waals surface area contributed by atoms with Gasteiger partial charge in [-0.05, 0) is 51.9 Å². The molecule has 0 atom stereocenters. The van der Waals surface area contributed by atoms with E-state index in [-0.39, 0.29) is 0 Å². The van der Waals surface area contributed by atoms with Crippen molar-refractivity contribution in [1.82, 2.24) is 4.40 Å². The van der Waals surface area contributed by atoms with Crippen LogP contribution in [-0.4, -0.2) is 4.40 Å². The largest absolute Gasteiger partial charge is 0.310 e. The fourth-order valence-corrected chi connectivity index (χ4v) is 4.43. The van der Waals surface area contributed by atoms with E-state index in [2.05, 4.69) is 62.6 Å². The molecule has 3 nitrogen and oxygen atoms in total. The molecule has 0 aliphatic carbocycles. The first-order valence-electron chi connectivity index (χ1n) is 9.36. The molecule has 6 rings (SSSR count). The predicted octanol–water partition coefficient (Wildman–Crippen LogP) is 7.65. The van der Waals surface area contributed by atoms with Crippen LogP contribution in [0.4, 0.5) is 11.4 Å². The average Bonchev–Trinajstić information content (AvgIpc) is 3.17. The zero-order valence-electron chi connectivity index (χ0n) is 15.3. The second-order valence-electron chi connectivity index (χ2n) is 7.25. The van der Waals surface area contributed by atoms with Crippen molar-refractivity contribution in [1.29, 1.82) is 0 Å². The summed E-state index contributed by atoms with van der Waals surface area (Å²) >= 11 is 0. The molecule has 0 saturated heterocycles. The third-order valence-electron chi connectivity index (χ3n) is 5.74. The van der Waals surface area contributed by atoms with Crippen molar-refractivity contribution in [3.8, 4) is 0 Å². The van der Waals surface area contributed by atoms with Gasteiger partial charge in [-0.2, -0.15) is 0 Å². The van der Waals surface area contributed by atoms with Gasteiger partial charge in [-0.15, -0.1) is 0 Å². The van der Waals surface area contributed by atoms with E-state index in [9.17, 15) is 0 Å². The number of pyridine rings is 1. The molecule has 0 aliphatic heterocycles. The van der Waals surface area contributed by atoms with Gasteiger partial charge in [0.15, 0.2) is 11.4 Å². The average molecular weight is 367 g/mol. The van der Waals surface area contributed by atoms with Crippen molar-refractivity contribution in [2.45, 2.75) is 0 Å². The minimum absolute atomic E-state index is 0.395. The molecule has 132 valence electrons. The Hall–Kier alpha value is -4.34. The lowest BCUT2D eigenvalue weighted by atomic mass is 9.99. The Balaban J connectivity index is 2.00. The highest BCUT2D eigenvalue weighted by Crippen LogP contribution is 2.41. The summed E-state index contributed by atoms with van der Waals surface area (Å²) in [4.78, 5) is 7.23. The van der Waals surface area contributed by atoms with Crippen LogP contribution in [0.2, 0.25) is 0 Å². The Morgan fingerprint density at radius 2 is 1.07 bits per heavy atom. The number of para-hydroxylation sites is 1. The third-order valence-corrected chi connectivity index (χ3v) is 5.74. The van der Waals surface area contributed by atoms with Crippen LogP contribution >= 0.6 is 0 Å². The molecule has 0 aliphatic rings. The molecule has 4 aromatic carbocycles. The number of hydrogen-bond acceptors (Lipinski definition) is 0. The van der Waals surface area contributed by atoms with Gasteiger partial charge in [0.05, 0.1) is 24.2 Å². The second-order valence-corrected chi connectivity index (χ2v) is 7.25. The van der Waals surface area contributed by atoms with Crippen molar-refractivity contribution in [2.24, 2.45) is 0 Å². The van der Waals surface area contributed by atoms with Gasteiger partial charge in [-0.25, -0.2) is 0 Å². The van der Waals surface area contributed by atoms with Crippen molar-refractivity contribution >= 4 is 60.2 Å². The summed E-state index contributed by atoms with van der Waals surface area (Å²) in [6, 6.07) is 27.0. The molecule has 0 bridgehead atoms. The summed E-state index contributed by atoms with van der Waals surface area (Å²) in [6.07, 6.45) is 0. The molecule has 2 heterocycles. The van der Waals surface area contributed by atoms with E-state index in [1.165, 1.54) is 10.8 Å². The van der Waals surface area contributed by atoms with E-state index in [4.69, 9.17) is 13.1 Å². The lowest BCUT2D eigenvalue weighted by Gasteiger charge is -2.13. The van der Waals surface area contributed by atoms with E-state index in [1.54, 1.807) is 0 Å². The van der Waals surface area contributed by atoms with Crippen molar-refractivity contribution in [3.05, 3.63) is 102 Å². The van der Waals surface area contributed by atoms with Crippen LogP contribution in [0.25, 0.3) is 58.6 Å². The topological polar surface area (TPSA) is 13.1 Å². The molecule has 0 amide bonds. The summed E-state index contributed by atoms with van der Waals surface area (Å²) in [7, 11) is 0. The molecule has 3 heteroatoms. The van der Waals surface area contributed by atoms with Gasteiger partial charge >= 0.3 is 0 Å². The molecular weight excluding hydrogens is 354 g/mol. The molecule has 6 aromatic rings. The van der Waals surface area contributed by atoms with E-state index in [0.29, 0.717) is 11.4 Å².